The summed E-state index contributed by atoms with van der Waals surface area (Å²) in [6.07, 6.45) is 5.97. The van der Waals surface area contributed by atoms with Crippen LogP contribution in [-0.4, -0.2) is 19.3 Å². The number of nitrogens with zero attached hydrogens (tertiary/aromatic N) is 1. The summed E-state index contributed by atoms with van der Waals surface area (Å²) in [7, 11) is 3.39. The molecule has 7 rings (SSSR count). The number of hydrogen-bond acceptors (Lipinski definition) is 3. The summed E-state index contributed by atoms with van der Waals surface area (Å²) >= 11 is 18.7. The Morgan fingerprint density at radius 1 is 0.565 bits per heavy atom. The van der Waals surface area contributed by atoms with E-state index in [0.29, 0.717) is 23.3 Å². The van der Waals surface area contributed by atoms with Crippen molar-refractivity contribution in [1.82, 2.24) is 0 Å². The second kappa shape index (κ2) is 20.3. The lowest BCUT2D eigenvalue weighted by Gasteiger charge is -2.23. The monoisotopic (exact) mass is 897 g/mol. The van der Waals surface area contributed by atoms with E-state index in [0.717, 1.165) is 49.5 Å². The zero-order chi connectivity index (χ0) is 46.5. The Hall–Kier alpha value is -3.88. The van der Waals surface area contributed by atoms with Gasteiger partial charge in [-0.15, -0.1) is 0 Å². The van der Waals surface area contributed by atoms with Gasteiger partial charge in [-0.1, -0.05) is 161 Å². The minimum absolute atomic E-state index is 0.00805. The van der Waals surface area contributed by atoms with Gasteiger partial charge in [0.1, 0.15) is 17.2 Å². The molecule has 334 valence electrons. The smallest absolute Gasteiger partial charge is 0.192 e. The van der Waals surface area contributed by atoms with Gasteiger partial charge in [0.15, 0.2) is 5.69 Å². The van der Waals surface area contributed by atoms with Crippen LogP contribution >= 0.6 is 34.8 Å². The highest BCUT2D eigenvalue weighted by Gasteiger charge is 2.30. The molecule has 0 aromatic heterocycles. The molecule has 62 heavy (non-hydrogen) atoms. The van der Waals surface area contributed by atoms with E-state index in [9.17, 15) is 5.11 Å². The fourth-order valence-corrected chi connectivity index (χ4v) is 8.38. The van der Waals surface area contributed by atoms with Gasteiger partial charge in [-0.2, -0.15) is 0 Å². The maximum Gasteiger partial charge on any atom is 0.192 e. The second-order valence-electron chi connectivity index (χ2n) is 20.8. The minimum atomic E-state index is -0.0197. The van der Waals surface area contributed by atoms with Crippen LogP contribution in [0.2, 0.25) is 15.1 Å². The topological polar surface area (TPSA) is 43.0 Å². The van der Waals surface area contributed by atoms with Crippen molar-refractivity contribution in [2.75, 3.05) is 14.2 Å². The average Bonchev–Trinajstić information content (AvgIpc) is 4.12. The molecule has 0 atom stereocenters. The number of phenols is 1. The second-order valence-corrected chi connectivity index (χ2v) is 22.1. The molecule has 1 N–H and O–H groups in total. The maximum atomic E-state index is 9.94. The molecule has 0 radical (unpaired) electrons. The largest absolute Gasteiger partial charge is 0.508 e. The van der Waals surface area contributed by atoms with Crippen LogP contribution in [0.3, 0.4) is 0 Å². The molecule has 2 aliphatic rings. The van der Waals surface area contributed by atoms with Gasteiger partial charge in [0.2, 0.25) is 0 Å². The molecule has 2 saturated carbocycles. The highest BCUT2D eigenvalue weighted by Crippen LogP contribution is 2.48. The predicted octanol–water partition coefficient (Wildman–Crippen LogP) is 17.6. The van der Waals surface area contributed by atoms with Crippen LogP contribution < -0.4 is 9.47 Å². The van der Waals surface area contributed by atoms with Crippen molar-refractivity contribution in [2.45, 2.75) is 156 Å². The molecule has 4 nitrogen and oxygen atoms in total. The third kappa shape index (κ3) is 13.3. The number of fused-ring (bicyclic) bond motifs is 1. The molecule has 2 fully saturated rings. The van der Waals surface area contributed by atoms with E-state index in [4.69, 9.17) is 50.8 Å². The molecule has 0 amide bonds. The van der Waals surface area contributed by atoms with E-state index in [1.54, 1.807) is 14.2 Å². The van der Waals surface area contributed by atoms with Crippen molar-refractivity contribution in [3.63, 3.8) is 0 Å². The van der Waals surface area contributed by atoms with E-state index < -0.39 is 0 Å². The Morgan fingerprint density at radius 3 is 1.37 bits per heavy atom. The predicted molar refractivity (Wildman–Crippen MR) is 267 cm³/mol. The number of aromatic hydroxyl groups is 1. The first-order valence-corrected chi connectivity index (χ1v) is 23.1. The summed E-state index contributed by atoms with van der Waals surface area (Å²) < 4.78 is 10.8. The Bertz CT molecular complexity index is 2370. The summed E-state index contributed by atoms with van der Waals surface area (Å²) in [6, 6.07) is 24.3. The third-order valence-corrected chi connectivity index (χ3v) is 12.4. The van der Waals surface area contributed by atoms with Crippen LogP contribution in [0.15, 0.2) is 72.8 Å². The van der Waals surface area contributed by atoms with E-state index >= 15 is 0 Å². The number of phenolic OH excluding ortho intramolecular Hbond substituents is 1. The molecule has 0 spiro atoms. The van der Waals surface area contributed by atoms with Crippen LogP contribution in [0, 0.1) is 6.57 Å². The lowest BCUT2D eigenvalue weighted by atomic mass is 9.84. The summed E-state index contributed by atoms with van der Waals surface area (Å²) in [5.41, 5.74) is 9.17. The van der Waals surface area contributed by atoms with Crippen molar-refractivity contribution in [1.29, 1.82) is 0 Å². The lowest BCUT2D eigenvalue weighted by Crippen LogP contribution is -2.13. The fraction of sp³-hybridized carbons (Fsp3) is 0.473. The number of methoxy groups -OCH3 is 2. The first kappa shape index (κ1) is 50.8. The van der Waals surface area contributed by atoms with E-state index in [1.807, 2.05) is 42.5 Å². The van der Waals surface area contributed by atoms with Crippen molar-refractivity contribution < 1.29 is 14.6 Å². The fourth-order valence-electron chi connectivity index (χ4n) is 7.47. The molecule has 0 heterocycles. The van der Waals surface area contributed by atoms with Crippen molar-refractivity contribution >= 4 is 51.3 Å². The third-order valence-electron chi connectivity index (χ3n) is 11.4. The van der Waals surface area contributed by atoms with E-state index in [1.165, 1.54) is 58.9 Å². The zero-order valence-corrected chi connectivity index (χ0v) is 42.2. The molecule has 0 bridgehead atoms. The van der Waals surface area contributed by atoms with Crippen LogP contribution in [0.4, 0.5) is 5.69 Å². The molecule has 7 heteroatoms. The molecular formula is C55H70Cl3NO3. The van der Waals surface area contributed by atoms with Crippen molar-refractivity contribution in [3.05, 3.63) is 138 Å². The van der Waals surface area contributed by atoms with Crippen LogP contribution in [0.25, 0.3) is 15.6 Å². The first-order chi connectivity index (χ1) is 28.7. The Kier molecular flexibility index (Phi) is 16.6. The quantitative estimate of drug-likeness (QED) is 0.179. The Morgan fingerprint density at radius 2 is 0.968 bits per heavy atom. The SMILES string of the molecule is CC(C)(C)c1cc2ccccc2cc1O.CCc1cc(C(C)(C)C)c(OC)cc1Cl.COc1cc(Cl)c(C2CC2)cc1C(C)(C)C.[C-]#[N+]c1cc(Cl)c(C2CC2)cc1C(C)(C)C. The number of hydrogen-bond donors (Lipinski definition) is 1. The molecule has 5 aromatic rings. The molecule has 2 aliphatic carbocycles. The molecule has 5 aromatic carbocycles. The number of halogens is 3. The number of rotatable bonds is 5. The number of aryl methyl sites for hydroxylation is 1. The molecular weight excluding hydrogens is 829 g/mol. The molecule has 0 unspecified atom stereocenters. The first-order valence-electron chi connectivity index (χ1n) is 21.9. The summed E-state index contributed by atoms with van der Waals surface area (Å²) in [5.74, 6) is 3.49. The van der Waals surface area contributed by atoms with Gasteiger partial charge in [0.25, 0.3) is 0 Å². The van der Waals surface area contributed by atoms with Gasteiger partial charge < -0.3 is 14.6 Å². The van der Waals surface area contributed by atoms with Gasteiger partial charge in [0, 0.05) is 15.1 Å². The summed E-state index contributed by atoms with van der Waals surface area (Å²) in [5, 5.41) is 14.6. The maximum absolute atomic E-state index is 9.94. The van der Waals surface area contributed by atoms with E-state index in [2.05, 4.69) is 125 Å². The number of benzene rings is 5. The molecule has 0 saturated heterocycles. The van der Waals surface area contributed by atoms with Crippen LogP contribution in [-0.2, 0) is 28.1 Å². The normalized spacial score (nSPS) is 14.0. The van der Waals surface area contributed by atoms with Gasteiger partial charge in [0.05, 0.1) is 20.8 Å². The minimum Gasteiger partial charge on any atom is -0.508 e. The van der Waals surface area contributed by atoms with Gasteiger partial charge in [-0.25, -0.2) is 4.85 Å². The van der Waals surface area contributed by atoms with Crippen LogP contribution in [0.5, 0.6) is 17.2 Å². The molecule has 0 aliphatic heterocycles. The van der Waals surface area contributed by atoms with Crippen molar-refractivity contribution in [2.24, 2.45) is 0 Å². The lowest BCUT2D eigenvalue weighted by molar-refractivity contribution is 0.397. The van der Waals surface area contributed by atoms with Crippen molar-refractivity contribution in [3.8, 4) is 17.2 Å². The summed E-state index contributed by atoms with van der Waals surface area (Å²) in [4.78, 5) is 3.58. The highest BCUT2D eigenvalue weighted by atomic mass is 35.5. The number of ether oxygens (including phenoxy) is 2. The Balaban J connectivity index is 0.000000182. The zero-order valence-electron chi connectivity index (χ0n) is 40.0. The Labute approximate surface area is 389 Å². The highest BCUT2D eigenvalue weighted by molar-refractivity contribution is 6.32. The van der Waals surface area contributed by atoms with Crippen LogP contribution in [0.1, 0.15) is 166 Å². The average molecular weight is 900 g/mol. The van der Waals surface area contributed by atoms with Gasteiger partial charge in [-0.05, 0) is 152 Å². The van der Waals surface area contributed by atoms with E-state index in [-0.39, 0.29) is 21.7 Å². The summed E-state index contributed by atoms with van der Waals surface area (Å²) in [6.45, 7) is 35.2. The van der Waals surface area contributed by atoms with Gasteiger partial charge in [-0.3, -0.25) is 0 Å². The standard InChI is InChI=1S/C14H16ClN.C14H19ClO.C14H16O.C13H19ClO/c2*1-14(2,3)11-7-10(9-5-6-9)12(15)8-13(11)16-4;1-14(2,3)12-8-10-6-4-5-7-11(10)9-13(12)15;1-6-9-7-10(13(2,3)4)12(15-5)8-11(9)14/h7-9H,5-6H2,1-3H3;7-9H,5-6H2,1-4H3;4-9,15H,1-3H3;7-8H,6H2,1-5H3. The van der Waals surface area contributed by atoms with Gasteiger partial charge >= 0.3 is 0 Å².